The third-order valence-electron chi connectivity index (χ3n) is 7.20. The number of hydrogen-bond acceptors (Lipinski definition) is 7. The van der Waals surface area contributed by atoms with Crippen molar-refractivity contribution in [1.29, 1.82) is 0 Å². The van der Waals surface area contributed by atoms with Crippen LogP contribution in [0.3, 0.4) is 0 Å². The molecule has 2 saturated heterocycles. The maximum absolute atomic E-state index is 12.6. The predicted octanol–water partition coefficient (Wildman–Crippen LogP) is 6.98. The van der Waals surface area contributed by atoms with Crippen molar-refractivity contribution in [1.82, 2.24) is 20.5 Å². The molecule has 3 aromatic rings. The molecule has 5 rings (SSSR count). The van der Waals surface area contributed by atoms with Crippen molar-refractivity contribution in [3.05, 3.63) is 63.5 Å². The highest BCUT2D eigenvalue weighted by Gasteiger charge is 2.22. The van der Waals surface area contributed by atoms with Crippen LogP contribution in [-0.4, -0.2) is 60.4 Å². The largest absolute Gasteiger partial charge is 0.359 e. The maximum Gasteiger partial charge on any atom is 0.230 e. The lowest BCUT2D eigenvalue weighted by molar-refractivity contribution is -0.119. The summed E-state index contributed by atoms with van der Waals surface area (Å²) in [6.07, 6.45) is 4.66. The van der Waals surface area contributed by atoms with E-state index >= 15 is 0 Å². The topological polar surface area (TPSA) is 60.5 Å². The van der Waals surface area contributed by atoms with Crippen LogP contribution in [0.2, 0.25) is 10.0 Å². The Morgan fingerprint density at radius 3 is 2.67 bits per heavy atom. The van der Waals surface area contributed by atoms with Crippen LogP contribution in [0.1, 0.15) is 31.2 Å². The summed E-state index contributed by atoms with van der Waals surface area (Å²) in [6, 6.07) is 14.6. The van der Waals surface area contributed by atoms with E-state index in [4.69, 9.17) is 28.2 Å². The van der Waals surface area contributed by atoms with Crippen molar-refractivity contribution >= 4 is 82.7 Å². The molecule has 2 aliphatic rings. The summed E-state index contributed by atoms with van der Waals surface area (Å²) < 4.78 is 0.919. The first-order valence-electron chi connectivity index (χ1n) is 13.1. The van der Waals surface area contributed by atoms with Crippen molar-refractivity contribution < 1.29 is 4.79 Å². The Hall–Kier alpha value is -1.23. The Labute approximate surface area is 267 Å². The summed E-state index contributed by atoms with van der Waals surface area (Å²) in [6.45, 7) is 3.81. The van der Waals surface area contributed by atoms with Gasteiger partial charge >= 0.3 is 0 Å². The number of likely N-dealkylation sites (tertiary alicyclic amines) is 1. The van der Waals surface area contributed by atoms with Gasteiger partial charge in [-0.05, 0) is 62.1 Å². The molecule has 0 spiro atoms. The van der Waals surface area contributed by atoms with Gasteiger partial charge in [0, 0.05) is 49.4 Å². The molecule has 0 radical (unpaired) electrons. The van der Waals surface area contributed by atoms with Crippen LogP contribution in [0.15, 0.2) is 52.2 Å². The molecule has 0 bridgehead atoms. The van der Waals surface area contributed by atoms with Gasteiger partial charge in [0.25, 0.3) is 0 Å². The molecule has 1 aromatic heterocycles. The summed E-state index contributed by atoms with van der Waals surface area (Å²) in [4.78, 5) is 22.1. The van der Waals surface area contributed by atoms with Gasteiger partial charge in [-0.3, -0.25) is 15.0 Å². The van der Waals surface area contributed by atoms with Crippen LogP contribution in [0.5, 0.6) is 0 Å². The summed E-state index contributed by atoms with van der Waals surface area (Å²) >= 11 is 15.3. The van der Waals surface area contributed by atoms with Crippen molar-refractivity contribution in [2.75, 3.05) is 37.3 Å². The van der Waals surface area contributed by atoms with E-state index in [2.05, 4.69) is 57.1 Å². The Kier molecular flexibility index (Phi) is 13.2. The van der Waals surface area contributed by atoms with Crippen LogP contribution >= 0.6 is 71.1 Å². The molecule has 1 atom stereocenters. The maximum atomic E-state index is 12.6. The van der Waals surface area contributed by atoms with Gasteiger partial charge < -0.3 is 10.2 Å². The lowest BCUT2D eigenvalue weighted by Crippen LogP contribution is -2.44. The average molecular weight is 664 g/mol. The molecule has 12 heteroatoms. The van der Waals surface area contributed by atoms with Crippen molar-refractivity contribution in [3.63, 3.8) is 0 Å². The first-order chi connectivity index (χ1) is 18.4. The van der Waals surface area contributed by atoms with E-state index in [0.717, 1.165) is 66.6 Å². The fourth-order valence-electron chi connectivity index (χ4n) is 5.05. The highest BCUT2D eigenvalue weighted by atomic mass is 35.5. The number of anilines is 1. The second kappa shape index (κ2) is 15.8. The van der Waals surface area contributed by atoms with Gasteiger partial charge in [0.2, 0.25) is 5.91 Å². The quantitative estimate of drug-likeness (QED) is 0.241. The third-order valence-corrected chi connectivity index (χ3v) is 9.96. The van der Waals surface area contributed by atoms with Gasteiger partial charge in [-0.2, -0.15) is 0 Å². The normalized spacial score (nSPS) is 17.6. The fourth-order valence-corrected chi connectivity index (χ4v) is 7.01. The molecule has 0 saturated carbocycles. The number of hydrogen-bond donors (Lipinski definition) is 2. The van der Waals surface area contributed by atoms with Crippen LogP contribution in [0, 0.1) is 0 Å². The van der Waals surface area contributed by atoms with E-state index in [-0.39, 0.29) is 36.8 Å². The molecule has 40 heavy (non-hydrogen) atoms. The number of amides is 1. The fraction of sp³-hybridized carbons (Fsp3) is 0.429. The molecule has 2 aromatic carbocycles. The standard InChI is InChI=1S/C28H33Cl2N5OS2.2ClH/c1-34(26-6-3-11-31-26)22-5-2-4-20(15-22)25-17-37-28(33-25)38-18-27(36)32-21-9-12-35(13-10-21)16-19-7-8-23(29)24(30)14-19;;/h2,4-5,7-8,14-15,17,21,26,31H,3,6,9-13,16,18H2,1H3,(H,32,36);2*1H/t26-;;/m0../s1. The number of carbonyl (C=O) groups excluding carboxylic acids is 1. The highest BCUT2D eigenvalue weighted by Crippen LogP contribution is 2.31. The first kappa shape index (κ1) is 33.3. The molecular formula is C28H35Cl4N5OS2. The Bertz CT molecular complexity index is 1250. The number of benzene rings is 2. The third kappa shape index (κ3) is 8.88. The zero-order valence-corrected chi connectivity index (χ0v) is 27.1. The number of aromatic nitrogens is 1. The summed E-state index contributed by atoms with van der Waals surface area (Å²) in [5.74, 6) is 0.453. The molecule has 1 amide bonds. The molecule has 6 nitrogen and oxygen atoms in total. The second-order valence-electron chi connectivity index (χ2n) is 9.93. The molecule has 0 aliphatic carbocycles. The Morgan fingerprint density at radius 2 is 1.95 bits per heavy atom. The Balaban J connectivity index is 0.00000220. The number of rotatable bonds is 9. The number of thiazole rings is 1. The molecule has 0 unspecified atom stereocenters. The van der Waals surface area contributed by atoms with Gasteiger partial charge in [0.1, 0.15) is 0 Å². The van der Waals surface area contributed by atoms with Gasteiger partial charge in [-0.15, -0.1) is 36.2 Å². The molecule has 2 aliphatic heterocycles. The molecule has 218 valence electrons. The van der Waals surface area contributed by atoms with Gasteiger partial charge in [0.05, 0.1) is 27.7 Å². The number of halogens is 4. The van der Waals surface area contributed by atoms with E-state index in [1.807, 2.05) is 18.2 Å². The summed E-state index contributed by atoms with van der Waals surface area (Å²) in [5, 5.41) is 10.0. The summed E-state index contributed by atoms with van der Waals surface area (Å²) in [5.41, 5.74) is 4.41. The minimum Gasteiger partial charge on any atom is -0.359 e. The molecule has 3 heterocycles. The number of nitrogens with zero attached hydrogens (tertiary/aromatic N) is 3. The van der Waals surface area contributed by atoms with Gasteiger partial charge in [-0.25, -0.2) is 4.98 Å². The lowest BCUT2D eigenvalue weighted by Gasteiger charge is -2.32. The molecule has 2 N–H and O–H groups in total. The molecule has 2 fully saturated rings. The predicted molar refractivity (Wildman–Crippen MR) is 175 cm³/mol. The van der Waals surface area contributed by atoms with Crippen LogP contribution in [0.4, 0.5) is 5.69 Å². The van der Waals surface area contributed by atoms with Crippen LogP contribution in [0.25, 0.3) is 11.3 Å². The monoisotopic (exact) mass is 661 g/mol. The van der Waals surface area contributed by atoms with Crippen molar-refractivity contribution in [2.45, 2.75) is 48.8 Å². The minimum atomic E-state index is 0. The van der Waals surface area contributed by atoms with E-state index in [1.54, 1.807) is 11.3 Å². The van der Waals surface area contributed by atoms with E-state index in [0.29, 0.717) is 22.0 Å². The van der Waals surface area contributed by atoms with Gasteiger partial charge in [0.15, 0.2) is 4.34 Å². The number of thioether (sulfide) groups is 1. The van der Waals surface area contributed by atoms with Crippen LogP contribution in [-0.2, 0) is 11.3 Å². The zero-order chi connectivity index (χ0) is 26.5. The van der Waals surface area contributed by atoms with E-state index < -0.39 is 0 Å². The van der Waals surface area contributed by atoms with E-state index in [1.165, 1.54) is 23.9 Å². The number of piperidine rings is 1. The first-order valence-corrected chi connectivity index (χ1v) is 15.7. The van der Waals surface area contributed by atoms with E-state index in [9.17, 15) is 4.79 Å². The Morgan fingerprint density at radius 1 is 1.15 bits per heavy atom. The van der Waals surface area contributed by atoms with Gasteiger partial charge in [-0.1, -0.05) is 53.2 Å². The summed E-state index contributed by atoms with van der Waals surface area (Å²) in [7, 11) is 2.14. The zero-order valence-electron chi connectivity index (χ0n) is 22.3. The highest BCUT2D eigenvalue weighted by molar-refractivity contribution is 8.01. The number of carbonyl (C=O) groups is 1. The van der Waals surface area contributed by atoms with Crippen LogP contribution < -0.4 is 15.5 Å². The number of nitrogens with one attached hydrogen (secondary N) is 2. The SMILES string of the molecule is CN(c1cccc(-c2csc(SCC(=O)NC3CCN(Cc4ccc(Cl)c(Cl)c4)CC3)n2)c1)[C@H]1CCCN1.Cl.Cl. The average Bonchev–Trinajstić information content (AvgIpc) is 3.63. The van der Waals surface area contributed by atoms with Crippen molar-refractivity contribution in [2.24, 2.45) is 0 Å². The minimum absolute atomic E-state index is 0. The molecular weight excluding hydrogens is 628 g/mol. The lowest BCUT2D eigenvalue weighted by atomic mass is 10.0. The smallest absolute Gasteiger partial charge is 0.230 e. The van der Waals surface area contributed by atoms with Crippen molar-refractivity contribution in [3.8, 4) is 11.3 Å². The second-order valence-corrected chi connectivity index (χ2v) is 12.8.